The quantitative estimate of drug-likeness (QED) is 0.828. The molecule has 0 fully saturated rings. The summed E-state index contributed by atoms with van der Waals surface area (Å²) in [5, 5.41) is 10.4. The van der Waals surface area contributed by atoms with Gasteiger partial charge in [0.15, 0.2) is 10.8 Å². The summed E-state index contributed by atoms with van der Waals surface area (Å²) in [6, 6.07) is 3.01. The Morgan fingerprint density at radius 2 is 2.00 bits per heavy atom. The first-order chi connectivity index (χ1) is 9.58. The minimum absolute atomic E-state index is 0.0248. The molecule has 0 radical (unpaired) electrons. The molecule has 7 heteroatoms. The minimum Gasteiger partial charge on any atom is -0.355 e. The highest BCUT2D eigenvalue weighted by molar-refractivity contribution is 6.29. The summed E-state index contributed by atoms with van der Waals surface area (Å²) >= 11 is 5.64. The molecule has 1 N–H and O–H groups in total. The van der Waals surface area contributed by atoms with Crippen LogP contribution in [0.3, 0.4) is 0 Å². The number of hydrogen-bond donors (Lipinski definition) is 1. The molecule has 1 aromatic rings. The number of rotatable bonds is 7. The van der Waals surface area contributed by atoms with E-state index in [1.807, 2.05) is 13.8 Å². The summed E-state index contributed by atoms with van der Waals surface area (Å²) in [7, 11) is 0. The summed E-state index contributed by atoms with van der Waals surface area (Å²) < 4.78 is 0. The lowest BCUT2D eigenvalue weighted by atomic mass is 10.3. The minimum atomic E-state index is -0.317. The molecule has 1 heterocycles. The largest absolute Gasteiger partial charge is 0.355 e. The van der Waals surface area contributed by atoms with Crippen molar-refractivity contribution in [2.45, 2.75) is 26.7 Å². The van der Waals surface area contributed by atoms with Crippen LogP contribution in [0.5, 0.6) is 0 Å². The highest BCUT2D eigenvalue weighted by atomic mass is 35.5. The summed E-state index contributed by atoms with van der Waals surface area (Å²) in [5.74, 6) is -0.488. The van der Waals surface area contributed by atoms with Crippen LogP contribution in [0.1, 0.15) is 37.2 Å². The number of halogens is 1. The number of nitrogens with zero attached hydrogens (tertiary/aromatic N) is 3. The Morgan fingerprint density at radius 1 is 1.25 bits per heavy atom. The Kier molecular flexibility index (Phi) is 6.93. The summed E-state index contributed by atoms with van der Waals surface area (Å²) in [6.07, 6.45) is 1.62. The Bertz CT molecular complexity index is 450. The van der Waals surface area contributed by atoms with Gasteiger partial charge in [0.05, 0.1) is 6.54 Å². The van der Waals surface area contributed by atoms with E-state index >= 15 is 0 Å². The fourth-order valence-electron chi connectivity index (χ4n) is 1.61. The molecule has 110 valence electrons. The van der Waals surface area contributed by atoms with E-state index in [0.717, 1.165) is 12.8 Å². The maximum Gasteiger partial charge on any atom is 0.274 e. The number of carbonyl (C=O) groups is 2. The average molecular weight is 299 g/mol. The van der Waals surface area contributed by atoms with Crippen LogP contribution in [-0.4, -0.2) is 46.5 Å². The average Bonchev–Trinajstić information content (AvgIpc) is 2.44. The molecular formula is C13H19ClN4O2. The van der Waals surface area contributed by atoms with E-state index in [9.17, 15) is 9.59 Å². The highest BCUT2D eigenvalue weighted by Crippen LogP contribution is 2.06. The Hall–Kier alpha value is -1.69. The van der Waals surface area contributed by atoms with Crippen LogP contribution >= 0.6 is 11.6 Å². The predicted molar refractivity (Wildman–Crippen MR) is 76.5 cm³/mol. The van der Waals surface area contributed by atoms with Gasteiger partial charge in [-0.25, -0.2) is 0 Å². The SMILES string of the molecule is CCCNC(=O)CN(CCC)C(=O)c1ccc(Cl)nn1. The predicted octanol–water partition coefficient (Wildman–Crippen LogP) is 1.51. The maximum atomic E-state index is 12.3. The van der Waals surface area contributed by atoms with E-state index in [0.29, 0.717) is 13.1 Å². The molecular weight excluding hydrogens is 280 g/mol. The van der Waals surface area contributed by atoms with E-state index in [4.69, 9.17) is 11.6 Å². The van der Waals surface area contributed by atoms with Crippen molar-refractivity contribution in [2.75, 3.05) is 19.6 Å². The third-order valence-electron chi connectivity index (χ3n) is 2.54. The summed E-state index contributed by atoms with van der Waals surface area (Å²) in [5.41, 5.74) is 0.186. The molecule has 0 saturated heterocycles. The second-order valence-corrected chi connectivity index (χ2v) is 4.71. The summed E-state index contributed by atoms with van der Waals surface area (Å²) in [4.78, 5) is 25.4. The zero-order valence-electron chi connectivity index (χ0n) is 11.7. The molecule has 0 atom stereocenters. The first-order valence-corrected chi connectivity index (χ1v) is 7.01. The third-order valence-corrected chi connectivity index (χ3v) is 2.74. The van der Waals surface area contributed by atoms with Crippen LogP contribution in [0.25, 0.3) is 0 Å². The lowest BCUT2D eigenvalue weighted by Gasteiger charge is -2.20. The molecule has 0 aliphatic heterocycles. The van der Waals surface area contributed by atoms with E-state index < -0.39 is 0 Å². The number of carbonyl (C=O) groups excluding carboxylic acids is 2. The lowest BCUT2D eigenvalue weighted by molar-refractivity contribution is -0.121. The van der Waals surface area contributed by atoms with Gasteiger partial charge in [-0.2, -0.15) is 0 Å². The second kappa shape index (κ2) is 8.47. The van der Waals surface area contributed by atoms with Gasteiger partial charge in [0, 0.05) is 13.1 Å². The summed E-state index contributed by atoms with van der Waals surface area (Å²) in [6.45, 7) is 5.03. The van der Waals surface area contributed by atoms with Crippen molar-refractivity contribution in [2.24, 2.45) is 0 Å². The van der Waals surface area contributed by atoms with Crippen molar-refractivity contribution in [3.8, 4) is 0 Å². The van der Waals surface area contributed by atoms with Crippen LogP contribution < -0.4 is 5.32 Å². The van der Waals surface area contributed by atoms with E-state index in [1.54, 1.807) is 0 Å². The number of nitrogens with one attached hydrogen (secondary N) is 1. The number of hydrogen-bond acceptors (Lipinski definition) is 4. The molecule has 2 amide bonds. The third kappa shape index (κ3) is 5.13. The van der Waals surface area contributed by atoms with Crippen molar-refractivity contribution in [3.63, 3.8) is 0 Å². The molecule has 0 aromatic carbocycles. The van der Waals surface area contributed by atoms with Crippen molar-refractivity contribution in [1.82, 2.24) is 20.4 Å². The topological polar surface area (TPSA) is 75.2 Å². The standard InChI is InChI=1S/C13H19ClN4O2/c1-3-7-15-12(19)9-18(8-4-2)13(20)10-5-6-11(14)17-16-10/h5-6H,3-4,7-9H2,1-2H3,(H,15,19). The molecule has 0 spiro atoms. The van der Waals surface area contributed by atoms with Crippen LogP contribution in [0.15, 0.2) is 12.1 Å². The molecule has 0 unspecified atom stereocenters. The van der Waals surface area contributed by atoms with E-state index in [2.05, 4.69) is 15.5 Å². The van der Waals surface area contributed by atoms with Crippen LogP contribution in [0.2, 0.25) is 5.15 Å². The monoisotopic (exact) mass is 298 g/mol. The van der Waals surface area contributed by atoms with Gasteiger partial charge >= 0.3 is 0 Å². The molecule has 0 bridgehead atoms. The molecule has 0 aliphatic rings. The lowest BCUT2D eigenvalue weighted by Crippen LogP contribution is -2.41. The number of amides is 2. The normalized spacial score (nSPS) is 10.2. The van der Waals surface area contributed by atoms with Gasteiger partial charge in [0.1, 0.15) is 0 Å². The fraction of sp³-hybridized carbons (Fsp3) is 0.538. The van der Waals surface area contributed by atoms with Gasteiger partial charge in [0.2, 0.25) is 5.91 Å². The molecule has 1 aromatic heterocycles. The second-order valence-electron chi connectivity index (χ2n) is 4.32. The Labute approximate surface area is 123 Å². The van der Waals surface area contributed by atoms with E-state index in [-0.39, 0.29) is 29.2 Å². The zero-order chi connectivity index (χ0) is 15.0. The van der Waals surface area contributed by atoms with E-state index in [1.165, 1.54) is 17.0 Å². The zero-order valence-corrected chi connectivity index (χ0v) is 12.5. The molecule has 1 rings (SSSR count). The first-order valence-electron chi connectivity index (χ1n) is 6.63. The van der Waals surface area contributed by atoms with Crippen molar-refractivity contribution in [1.29, 1.82) is 0 Å². The van der Waals surface area contributed by atoms with Gasteiger partial charge in [0.25, 0.3) is 5.91 Å². The molecule has 0 saturated carbocycles. The van der Waals surface area contributed by atoms with Gasteiger partial charge in [-0.1, -0.05) is 25.4 Å². The van der Waals surface area contributed by atoms with Crippen molar-refractivity contribution >= 4 is 23.4 Å². The van der Waals surface area contributed by atoms with Crippen LogP contribution in [-0.2, 0) is 4.79 Å². The first kappa shape index (κ1) is 16.4. The van der Waals surface area contributed by atoms with Gasteiger partial charge < -0.3 is 10.2 Å². The Balaban J connectivity index is 2.71. The van der Waals surface area contributed by atoms with Gasteiger partial charge in [-0.15, -0.1) is 10.2 Å². The van der Waals surface area contributed by atoms with Crippen LogP contribution in [0, 0.1) is 0 Å². The Morgan fingerprint density at radius 3 is 2.55 bits per heavy atom. The van der Waals surface area contributed by atoms with Crippen LogP contribution in [0.4, 0.5) is 0 Å². The van der Waals surface area contributed by atoms with Crippen molar-refractivity contribution < 1.29 is 9.59 Å². The maximum absolute atomic E-state index is 12.3. The molecule has 6 nitrogen and oxygen atoms in total. The highest BCUT2D eigenvalue weighted by Gasteiger charge is 2.19. The number of aromatic nitrogens is 2. The van der Waals surface area contributed by atoms with Crippen molar-refractivity contribution in [3.05, 3.63) is 23.0 Å². The molecule has 20 heavy (non-hydrogen) atoms. The molecule has 0 aliphatic carbocycles. The fourth-order valence-corrected chi connectivity index (χ4v) is 1.71. The smallest absolute Gasteiger partial charge is 0.274 e. The van der Waals surface area contributed by atoms with Gasteiger partial charge in [-0.3, -0.25) is 9.59 Å². The van der Waals surface area contributed by atoms with Gasteiger partial charge in [-0.05, 0) is 25.0 Å².